The molecule has 3 aromatic rings. The van der Waals surface area contributed by atoms with Gasteiger partial charge in [-0.2, -0.15) is 5.26 Å². The van der Waals surface area contributed by atoms with E-state index in [2.05, 4.69) is 28.2 Å². The Morgan fingerprint density at radius 3 is 2.90 bits per heavy atom. The molecular formula is C20H20N6O2S. The Hall–Kier alpha value is -3.12. The highest BCUT2D eigenvalue weighted by molar-refractivity contribution is 7.99. The SMILES string of the molecule is C=CCn1c(=O)c2ccccc2n2c(SCC(=O)NC(C)(C#N)C3CC3)nnc12. The molecule has 4 rings (SSSR count). The van der Waals surface area contributed by atoms with Crippen molar-refractivity contribution >= 4 is 34.3 Å². The van der Waals surface area contributed by atoms with Crippen molar-refractivity contribution in [2.75, 3.05) is 5.75 Å². The van der Waals surface area contributed by atoms with Crippen molar-refractivity contribution in [2.24, 2.45) is 5.92 Å². The number of nitrogens with zero attached hydrogens (tertiary/aromatic N) is 5. The summed E-state index contributed by atoms with van der Waals surface area (Å²) in [6.45, 7) is 5.78. The number of rotatable bonds is 7. The summed E-state index contributed by atoms with van der Waals surface area (Å²) in [5, 5.41) is 21.7. The monoisotopic (exact) mass is 408 g/mol. The molecule has 0 radical (unpaired) electrons. The van der Waals surface area contributed by atoms with Crippen LogP contribution in [0.3, 0.4) is 0 Å². The third kappa shape index (κ3) is 3.40. The molecule has 1 aliphatic rings. The quantitative estimate of drug-likeness (QED) is 0.474. The second-order valence-electron chi connectivity index (χ2n) is 7.26. The fourth-order valence-electron chi connectivity index (χ4n) is 3.46. The van der Waals surface area contributed by atoms with Crippen LogP contribution in [0.15, 0.2) is 46.9 Å². The summed E-state index contributed by atoms with van der Waals surface area (Å²) in [5.74, 6) is 0.482. The summed E-state index contributed by atoms with van der Waals surface area (Å²) in [6.07, 6.45) is 3.55. The summed E-state index contributed by atoms with van der Waals surface area (Å²) < 4.78 is 3.29. The smallest absolute Gasteiger partial charge is 0.263 e. The molecule has 1 unspecified atom stereocenters. The lowest BCUT2D eigenvalue weighted by molar-refractivity contribution is -0.119. The molecule has 1 aromatic carbocycles. The average Bonchev–Trinajstić information content (AvgIpc) is 3.50. The number of para-hydroxylation sites is 1. The van der Waals surface area contributed by atoms with E-state index in [4.69, 9.17) is 0 Å². The molecule has 8 nitrogen and oxygen atoms in total. The highest BCUT2D eigenvalue weighted by Crippen LogP contribution is 2.39. The van der Waals surface area contributed by atoms with Gasteiger partial charge in [0.2, 0.25) is 11.7 Å². The minimum Gasteiger partial charge on any atom is -0.337 e. The Balaban J connectivity index is 1.67. The minimum atomic E-state index is -0.832. The largest absolute Gasteiger partial charge is 0.337 e. The number of hydrogen-bond acceptors (Lipinski definition) is 6. The highest BCUT2D eigenvalue weighted by Gasteiger charge is 2.43. The number of allylic oxidation sites excluding steroid dienone is 1. The van der Waals surface area contributed by atoms with Crippen molar-refractivity contribution in [1.82, 2.24) is 24.5 Å². The van der Waals surface area contributed by atoms with Crippen molar-refractivity contribution < 1.29 is 4.79 Å². The van der Waals surface area contributed by atoms with Crippen LogP contribution in [-0.2, 0) is 11.3 Å². The zero-order valence-corrected chi connectivity index (χ0v) is 16.8. The fourth-order valence-corrected chi connectivity index (χ4v) is 4.20. The number of benzene rings is 1. The maximum Gasteiger partial charge on any atom is 0.263 e. The first-order valence-corrected chi connectivity index (χ1v) is 10.3. The molecule has 0 saturated heterocycles. The molecular weight excluding hydrogens is 388 g/mol. The molecule has 1 N–H and O–H groups in total. The van der Waals surface area contributed by atoms with Gasteiger partial charge in [0.05, 0.1) is 22.7 Å². The van der Waals surface area contributed by atoms with E-state index in [1.807, 2.05) is 12.1 Å². The van der Waals surface area contributed by atoms with Crippen LogP contribution in [0.4, 0.5) is 0 Å². The van der Waals surface area contributed by atoms with Gasteiger partial charge < -0.3 is 5.32 Å². The van der Waals surface area contributed by atoms with Crippen LogP contribution >= 0.6 is 11.8 Å². The number of carbonyl (C=O) groups excluding carboxylic acids is 1. The molecule has 1 atom stereocenters. The van der Waals surface area contributed by atoms with E-state index in [-0.39, 0.29) is 23.1 Å². The van der Waals surface area contributed by atoms with Crippen molar-refractivity contribution in [3.05, 3.63) is 47.3 Å². The summed E-state index contributed by atoms with van der Waals surface area (Å²) in [6, 6.07) is 9.45. The van der Waals surface area contributed by atoms with E-state index in [0.29, 0.717) is 28.4 Å². The van der Waals surface area contributed by atoms with E-state index in [1.165, 1.54) is 16.3 Å². The molecule has 29 heavy (non-hydrogen) atoms. The minimum absolute atomic E-state index is 0.0969. The lowest BCUT2D eigenvalue weighted by atomic mass is 9.98. The van der Waals surface area contributed by atoms with E-state index in [1.54, 1.807) is 29.5 Å². The van der Waals surface area contributed by atoms with Gasteiger partial charge in [-0.15, -0.1) is 16.8 Å². The number of nitrogens with one attached hydrogen (secondary N) is 1. The molecule has 0 spiro atoms. The first-order chi connectivity index (χ1) is 14.0. The second kappa shape index (κ2) is 7.37. The maximum atomic E-state index is 12.8. The van der Waals surface area contributed by atoms with Crippen LogP contribution in [0, 0.1) is 17.2 Å². The molecule has 1 fully saturated rings. The molecule has 1 aliphatic carbocycles. The molecule has 0 bridgehead atoms. The molecule has 2 aromatic heterocycles. The first-order valence-electron chi connectivity index (χ1n) is 9.31. The zero-order chi connectivity index (χ0) is 20.6. The number of thioether (sulfide) groups is 1. The van der Waals surface area contributed by atoms with Crippen LogP contribution < -0.4 is 10.9 Å². The van der Waals surface area contributed by atoms with Gasteiger partial charge in [0, 0.05) is 6.54 Å². The van der Waals surface area contributed by atoms with Gasteiger partial charge in [-0.1, -0.05) is 30.0 Å². The van der Waals surface area contributed by atoms with E-state index in [9.17, 15) is 14.9 Å². The Morgan fingerprint density at radius 1 is 1.45 bits per heavy atom. The van der Waals surface area contributed by atoms with Crippen molar-refractivity contribution in [2.45, 2.75) is 37.0 Å². The molecule has 148 valence electrons. The number of aromatic nitrogens is 4. The molecule has 1 saturated carbocycles. The zero-order valence-electron chi connectivity index (χ0n) is 16.0. The number of nitriles is 1. The van der Waals surface area contributed by atoms with Crippen molar-refractivity contribution in [1.29, 1.82) is 5.26 Å². The van der Waals surface area contributed by atoms with Gasteiger partial charge in [0.15, 0.2) is 5.16 Å². The summed E-state index contributed by atoms with van der Waals surface area (Å²) >= 11 is 1.22. The highest BCUT2D eigenvalue weighted by atomic mass is 32.2. The Kier molecular flexibility index (Phi) is 4.88. The van der Waals surface area contributed by atoms with Crippen LogP contribution in [0.5, 0.6) is 0 Å². The van der Waals surface area contributed by atoms with Crippen LogP contribution in [0.25, 0.3) is 16.7 Å². The Labute approximate surface area is 171 Å². The number of carbonyl (C=O) groups is 1. The molecule has 1 amide bonds. The van der Waals surface area contributed by atoms with Gasteiger partial charge >= 0.3 is 0 Å². The number of amides is 1. The number of fused-ring (bicyclic) bond motifs is 3. The summed E-state index contributed by atoms with van der Waals surface area (Å²) in [7, 11) is 0. The Morgan fingerprint density at radius 2 is 2.21 bits per heavy atom. The summed E-state index contributed by atoms with van der Waals surface area (Å²) in [4.78, 5) is 25.3. The van der Waals surface area contributed by atoms with Crippen molar-refractivity contribution in [3.8, 4) is 6.07 Å². The van der Waals surface area contributed by atoms with Crippen LogP contribution in [0.2, 0.25) is 0 Å². The van der Waals surface area contributed by atoms with E-state index in [0.717, 1.165) is 12.8 Å². The van der Waals surface area contributed by atoms with Crippen LogP contribution in [0.1, 0.15) is 19.8 Å². The maximum absolute atomic E-state index is 12.8. The second-order valence-corrected chi connectivity index (χ2v) is 8.21. The van der Waals surface area contributed by atoms with E-state index < -0.39 is 5.54 Å². The van der Waals surface area contributed by atoms with Crippen molar-refractivity contribution in [3.63, 3.8) is 0 Å². The fraction of sp³-hybridized carbons (Fsp3) is 0.350. The topological polar surface area (TPSA) is 105 Å². The molecule has 0 aliphatic heterocycles. The molecule has 2 heterocycles. The lowest BCUT2D eigenvalue weighted by Crippen LogP contribution is -2.47. The lowest BCUT2D eigenvalue weighted by Gasteiger charge is -2.22. The molecule has 9 heteroatoms. The van der Waals surface area contributed by atoms with Gasteiger partial charge in [-0.05, 0) is 37.8 Å². The summed E-state index contributed by atoms with van der Waals surface area (Å²) in [5.41, 5.74) is -0.314. The standard InChI is InChI=1S/C20H20N6O2S/c1-3-10-25-17(28)14-6-4-5-7-15(14)26-18(25)23-24-19(26)29-11-16(27)22-20(2,12-21)13-8-9-13/h3-7,13H,1,8-11H2,2H3,(H,22,27). The third-order valence-corrected chi connectivity index (χ3v) is 6.08. The average molecular weight is 408 g/mol. The van der Waals surface area contributed by atoms with Gasteiger partial charge in [0.1, 0.15) is 5.54 Å². The predicted molar refractivity (Wildman–Crippen MR) is 111 cm³/mol. The Bertz CT molecular complexity index is 1220. The normalized spacial score (nSPS) is 15.7. The van der Waals surface area contributed by atoms with Gasteiger partial charge in [-0.3, -0.25) is 18.6 Å². The third-order valence-electron chi connectivity index (χ3n) is 5.15. The van der Waals surface area contributed by atoms with Gasteiger partial charge in [-0.25, -0.2) is 0 Å². The van der Waals surface area contributed by atoms with E-state index >= 15 is 0 Å². The van der Waals surface area contributed by atoms with Crippen LogP contribution in [-0.4, -0.2) is 36.4 Å². The first kappa shape index (κ1) is 19.2. The van der Waals surface area contributed by atoms with Gasteiger partial charge in [0.25, 0.3) is 5.56 Å². The number of hydrogen-bond donors (Lipinski definition) is 1. The predicted octanol–water partition coefficient (Wildman–Crippen LogP) is 2.13.